The average molecular weight is 417 g/mol. The SMILES string of the molecule is Cc1ccc(-n2c(=O)/c(=C\c3cccc(C)c3)s/c2=C(/C#N)C(=O)C(C)(C)C)cc1. The number of ketones is 1. The number of hydrogen-bond donors (Lipinski definition) is 0. The van der Waals surface area contributed by atoms with Gasteiger partial charge in [0.2, 0.25) is 0 Å². The number of hydrogen-bond acceptors (Lipinski definition) is 4. The summed E-state index contributed by atoms with van der Waals surface area (Å²) in [4.78, 5) is 26.3. The first-order valence-corrected chi connectivity index (χ1v) is 10.5. The predicted octanol–water partition coefficient (Wildman–Crippen LogP) is 3.63. The number of nitrogens with zero attached hydrogens (tertiary/aromatic N) is 2. The van der Waals surface area contributed by atoms with Gasteiger partial charge in [0.25, 0.3) is 5.56 Å². The number of rotatable bonds is 3. The molecule has 4 nitrogen and oxygen atoms in total. The molecule has 0 N–H and O–H groups in total. The maximum absolute atomic E-state index is 13.4. The van der Waals surface area contributed by atoms with Crippen LogP contribution < -0.4 is 14.8 Å². The third-order valence-electron chi connectivity index (χ3n) is 4.69. The molecular formula is C25H24N2O2S. The fourth-order valence-electron chi connectivity index (χ4n) is 3.06. The monoisotopic (exact) mass is 416 g/mol. The van der Waals surface area contributed by atoms with E-state index in [1.54, 1.807) is 20.8 Å². The molecule has 152 valence electrons. The van der Waals surface area contributed by atoms with Crippen LogP contribution in [0.4, 0.5) is 0 Å². The van der Waals surface area contributed by atoms with Crippen LogP contribution in [0, 0.1) is 30.6 Å². The molecule has 0 saturated carbocycles. The lowest BCUT2D eigenvalue weighted by Gasteiger charge is -2.15. The highest BCUT2D eigenvalue weighted by Crippen LogP contribution is 2.20. The van der Waals surface area contributed by atoms with Crippen LogP contribution >= 0.6 is 11.3 Å². The number of aryl methyl sites for hydroxylation is 2. The molecule has 0 bridgehead atoms. The Morgan fingerprint density at radius 3 is 2.30 bits per heavy atom. The summed E-state index contributed by atoms with van der Waals surface area (Å²) in [7, 11) is 0. The summed E-state index contributed by atoms with van der Waals surface area (Å²) in [5, 5.41) is 9.83. The van der Waals surface area contributed by atoms with Crippen molar-refractivity contribution in [3.05, 3.63) is 84.8 Å². The van der Waals surface area contributed by atoms with Gasteiger partial charge in [0, 0.05) is 5.41 Å². The van der Waals surface area contributed by atoms with E-state index in [9.17, 15) is 14.9 Å². The number of benzene rings is 2. The zero-order chi connectivity index (χ0) is 22.1. The molecule has 0 aliphatic carbocycles. The van der Waals surface area contributed by atoms with Crippen LogP contribution in [-0.4, -0.2) is 10.4 Å². The smallest absolute Gasteiger partial charge is 0.273 e. The molecule has 0 fully saturated rings. The molecule has 0 saturated heterocycles. The summed E-state index contributed by atoms with van der Waals surface area (Å²) in [5.41, 5.74) is 2.72. The molecule has 0 amide bonds. The highest BCUT2D eigenvalue weighted by Gasteiger charge is 2.27. The Morgan fingerprint density at radius 2 is 1.73 bits per heavy atom. The van der Waals surface area contributed by atoms with E-state index < -0.39 is 5.41 Å². The van der Waals surface area contributed by atoms with E-state index in [2.05, 4.69) is 6.07 Å². The molecule has 2 aromatic carbocycles. The lowest BCUT2D eigenvalue weighted by molar-refractivity contribution is -0.120. The number of carbonyl (C=O) groups is 1. The Labute approximate surface area is 180 Å². The minimum Gasteiger partial charge on any atom is -0.293 e. The van der Waals surface area contributed by atoms with Gasteiger partial charge in [-0.2, -0.15) is 5.26 Å². The first-order chi connectivity index (χ1) is 14.1. The molecule has 0 aliphatic heterocycles. The molecule has 0 atom stereocenters. The summed E-state index contributed by atoms with van der Waals surface area (Å²) in [6.45, 7) is 9.27. The van der Waals surface area contributed by atoms with E-state index in [0.29, 0.717) is 14.9 Å². The van der Waals surface area contributed by atoms with E-state index in [1.165, 1.54) is 15.9 Å². The van der Waals surface area contributed by atoms with Crippen LogP contribution in [-0.2, 0) is 4.79 Å². The Hall–Kier alpha value is -3.23. The van der Waals surface area contributed by atoms with Gasteiger partial charge < -0.3 is 0 Å². The van der Waals surface area contributed by atoms with Gasteiger partial charge in [0.1, 0.15) is 16.3 Å². The number of Topliss-reactive ketones (excluding diaryl/α,β-unsaturated/α-hetero) is 1. The van der Waals surface area contributed by atoms with Gasteiger partial charge in [-0.15, -0.1) is 11.3 Å². The molecule has 0 aliphatic rings. The van der Waals surface area contributed by atoms with Crippen molar-refractivity contribution in [2.45, 2.75) is 34.6 Å². The van der Waals surface area contributed by atoms with Gasteiger partial charge >= 0.3 is 0 Å². The molecule has 5 heteroatoms. The maximum atomic E-state index is 13.4. The highest BCUT2D eigenvalue weighted by atomic mass is 32.1. The van der Waals surface area contributed by atoms with Crippen LogP contribution in [0.3, 0.4) is 0 Å². The molecule has 3 rings (SSSR count). The zero-order valence-electron chi connectivity index (χ0n) is 17.8. The summed E-state index contributed by atoms with van der Waals surface area (Å²) >= 11 is 1.18. The molecule has 1 aromatic heterocycles. The summed E-state index contributed by atoms with van der Waals surface area (Å²) in [5.74, 6) is -0.283. The van der Waals surface area contributed by atoms with Crippen LogP contribution in [0.15, 0.2) is 53.3 Å². The second-order valence-corrected chi connectivity index (χ2v) is 9.40. The van der Waals surface area contributed by atoms with Crippen molar-refractivity contribution < 1.29 is 4.79 Å². The van der Waals surface area contributed by atoms with Crippen LogP contribution in [0.5, 0.6) is 0 Å². The van der Waals surface area contributed by atoms with Crippen molar-refractivity contribution in [1.82, 2.24) is 4.57 Å². The molecular weight excluding hydrogens is 392 g/mol. The third-order valence-corrected chi connectivity index (χ3v) is 5.78. The third kappa shape index (κ3) is 4.34. The Kier molecular flexibility index (Phi) is 5.91. The first-order valence-electron chi connectivity index (χ1n) is 9.68. The van der Waals surface area contributed by atoms with E-state index in [1.807, 2.05) is 68.5 Å². The van der Waals surface area contributed by atoms with Crippen molar-refractivity contribution in [2.24, 2.45) is 5.41 Å². The number of carbonyl (C=O) groups excluding carboxylic acids is 1. The van der Waals surface area contributed by atoms with Crippen LogP contribution in [0.25, 0.3) is 17.3 Å². The largest absolute Gasteiger partial charge is 0.293 e. The number of nitriles is 1. The van der Waals surface area contributed by atoms with Crippen molar-refractivity contribution in [2.75, 3.05) is 0 Å². The lowest BCUT2D eigenvalue weighted by Crippen LogP contribution is -2.33. The van der Waals surface area contributed by atoms with Crippen LogP contribution in [0.1, 0.15) is 37.5 Å². The molecule has 30 heavy (non-hydrogen) atoms. The maximum Gasteiger partial charge on any atom is 0.273 e. The summed E-state index contributed by atoms with van der Waals surface area (Å²) in [6.07, 6.45) is 1.81. The van der Waals surface area contributed by atoms with Crippen LogP contribution in [0.2, 0.25) is 0 Å². The minimum absolute atomic E-state index is 0.00840. The average Bonchev–Trinajstić information content (AvgIpc) is 2.98. The molecule has 3 aromatic rings. The van der Waals surface area contributed by atoms with Crippen molar-refractivity contribution in [3.8, 4) is 11.8 Å². The second-order valence-electron chi connectivity index (χ2n) is 8.37. The van der Waals surface area contributed by atoms with Gasteiger partial charge in [0.05, 0.1) is 10.2 Å². The van der Waals surface area contributed by atoms with E-state index in [-0.39, 0.29) is 16.9 Å². The van der Waals surface area contributed by atoms with Crippen molar-refractivity contribution >= 4 is 28.8 Å². The summed E-state index contributed by atoms with van der Waals surface area (Å²) < 4.78 is 2.32. The fraction of sp³-hybridized carbons (Fsp3) is 0.240. The Balaban J connectivity index is 2.43. The van der Waals surface area contributed by atoms with Gasteiger partial charge in [-0.1, -0.05) is 68.3 Å². The van der Waals surface area contributed by atoms with Crippen molar-refractivity contribution in [1.29, 1.82) is 5.26 Å². The quantitative estimate of drug-likeness (QED) is 0.655. The predicted molar refractivity (Wildman–Crippen MR) is 122 cm³/mol. The van der Waals surface area contributed by atoms with E-state index in [4.69, 9.17) is 0 Å². The summed E-state index contributed by atoms with van der Waals surface area (Å²) in [6, 6.07) is 17.4. The lowest BCUT2D eigenvalue weighted by atomic mass is 9.87. The fourth-order valence-corrected chi connectivity index (χ4v) is 4.16. The zero-order valence-corrected chi connectivity index (χ0v) is 18.6. The van der Waals surface area contributed by atoms with Gasteiger partial charge in [-0.3, -0.25) is 14.2 Å². The molecule has 0 unspecified atom stereocenters. The normalized spacial score (nSPS) is 13.1. The Bertz CT molecular complexity index is 1330. The first kappa shape index (κ1) is 21.5. The van der Waals surface area contributed by atoms with Crippen molar-refractivity contribution in [3.63, 3.8) is 0 Å². The van der Waals surface area contributed by atoms with Gasteiger partial charge in [0.15, 0.2) is 5.78 Å². The Morgan fingerprint density at radius 1 is 1.07 bits per heavy atom. The molecule has 0 radical (unpaired) electrons. The second kappa shape index (κ2) is 8.25. The van der Waals surface area contributed by atoms with E-state index in [0.717, 1.165) is 16.7 Å². The number of aromatic nitrogens is 1. The highest BCUT2D eigenvalue weighted by molar-refractivity contribution is 7.07. The standard InChI is InChI=1S/C25H24N2O2S/c1-16-9-11-19(12-10-16)27-23(29)21(14-18-8-6-7-17(2)13-18)30-24(27)20(15-26)22(28)25(3,4)5/h6-14H,1-5H3/b21-14+,24-20-. The van der Waals surface area contributed by atoms with E-state index >= 15 is 0 Å². The molecule has 1 heterocycles. The van der Waals surface area contributed by atoms with Gasteiger partial charge in [-0.05, 0) is 37.6 Å². The number of thiazole rings is 1. The molecule has 0 spiro atoms. The van der Waals surface area contributed by atoms with Gasteiger partial charge in [-0.25, -0.2) is 0 Å². The minimum atomic E-state index is -0.733. The topological polar surface area (TPSA) is 62.9 Å².